The van der Waals surface area contributed by atoms with E-state index in [4.69, 9.17) is 15.2 Å². The highest BCUT2D eigenvalue weighted by Gasteiger charge is 2.38. The first-order valence-corrected chi connectivity index (χ1v) is 6.62. The molecule has 7 nitrogen and oxygen atoms in total. The van der Waals surface area contributed by atoms with Crippen molar-refractivity contribution in [2.75, 3.05) is 46.1 Å². The second kappa shape index (κ2) is 6.31. The summed E-state index contributed by atoms with van der Waals surface area (Å²) in [5, 5.41) is 2.71. The van der Waals surface area contributed by atoms with Gasteiger partial charge in [-0.15, -0.1) is 0 Å². The molecule has 0 aromatic carbocycles. The van der Waals surface area contributed by atoms with E-state index in [1.165, 1.54) is 0 Å². The Labute approximate surface area is 112 Å². The Bertz CT molecular complexity index is 336. The van der Waals surface area contributed by atoms with Crippen LogP contribution in [0.25, 0.3) is 0 Å². The molecule has 2 heterocycles. The fourth-order valence-electron chi connectivity index (χ4n) is 2.19. The van der Waals surface area contributed by atoms with Gasteiger partial charge in [-0.05, 0) is 6.42 Å². The number of nitrogens with two attached hydrogens (primary N) is 1. The SMILES string of the molecule is NC1(C(=O)NCCC(=O)N2CCOCC2)CCOC1. The van der Waals surface area contributed by atoms with Gasteiger partial charge in [0.15, 0.2) is 0 Å². The molecule has 1 unspecified atom stereocenters. The quantitative estimate of drug-likeness (QED) is 0.647. The van der Waals surface area contributed by atoms with Gasteiger partial charge >= 0.3 is 0 Å². The Balaban J connectivity index is 1.68. The topological polar surface area (TPSA) is 93.9 Å². The standard InChI is InChI=1S/C12H21N3O4/c13-12(2-6-19-9-12)11(17)14-3-1-10(16)15-4-7-18-8-5-15/h1-9,13H2,(H,14,17). The normalized spacial score (nSPS) is 27.3. The maximum atomic E-state index is 11.9. The van der Waals surface area contributed by atoms with Gasteiger partial charge in [0.25, 0.3) is 0 Å². The minimum atomic E-state index is -0.929. The summed E-state index contributed by atoms with van der Waals surface area (Å²) < 4.78 is 10.3. The number of morpholine rings is 1. The van der Waals surface area contributed by atoms with Crippen LogP contribution in [-0.4, -0.2) is 68.3 Å². The molecule has 2 aliphatic rings. The predicted octanol–water partition coefficient (Wildman–Crippen LogP) is -1.53. The summed E-state index contributed by atoms with van der Waals surface area (Å²) in [7, 11) is 0. The Kier molecular flexibility index (Phi) is 4.73. The van der Waals surface area contributed by atoms with Crippen LogP contribution in [-0.2, 0) is 19.1 Å². The number of nitrogens with zero attached hydrogens (tertiary/aromatic N) is 1. The lowest BCUT2D eigenvalue weighted by Gasteiger charge is -2.27. The van der Waals surface area contributed by atoms with Gasteiger partial charge in [0.2, 0.25) is 11.8 Å². The number of carbonyl (C=O) groups excluding carboxylic acids is 2. The van der Waals surface area contributed by atoms with E-state index in [1.807, 2.05) is 0 Å². The summed E-state index contributed by atoms with van der Waals surface area (Å²) in [5.74, 6) is -0.197. The van der Waals surface area contributed by atoms with E-state index in [0.29, 0.717) is 52.3 Å². The van der Waals surface area contributed by atoms with E-state index in [0.717, 1.165) is 0 Å². The van der Waals surface area contributed by atoms with Crippen LogP contribution in [0.2, 0.25) is 0 Å². The third kappa shape index (κ3) is 3.65. The second-order valence-corrected chi connectivity index (χ2v) is 4.96. The number of carbonyl (C=O) groups is 2. The highest BCUT2D eigenvalue weighted by Crippen LogP contribution is 2.15. The summed E-state index contributed by atoms with van der Waals surface area (Å²) >= 11 is 0. The zero-order valence-corrected chi connectivity index (χ0v) is 11.0. The van der Waals surface area contributed by atoms with E-state index < -0.39 is 5.54 Å². The van der Waals surface area contributed by atoms with Gasteiger partial charge < -0.3 is 25.4 Å². The van der Waals surface area contributed by atoms with Crippen molar-refractivity contribution < 1.29 is 19.1 Å². The number of rotatable bonds is 4. The highest BCUT2D eigenvalue weighted by atomic mass is 16.5. The monoisotopic (exact) mass is 271 g/mol. The Morgan fingerprint density at radius 2 is 1.95 bits per heavy atom. The lowest BCUT2D eigenvalue weighted by molar-refractivity contribution is -0.135. The second-order valence-electron chi connectivity index (χ2n) is 4.96. The summed E-state index contributed by atoms with van der Waals surface area (Å²) in [6.45, 7) is 3.49. The van der Waals surface area contributed by atoms with Crippen molar-refractivity contribution in [2.45, 2.75) is 18.4 Å². The van der Waals surface area contributed by atoms with Crippen molar-refractivity contribution in [1.29, 1.82) is 0 Å². The predicted molar refractivity (Wildman–Crippen MR) is 67.4 cm³/mol. The first kappa shape index (κ1) is 14.2. The van der Waals surface area contributed by atoms with Gasteiger partial charge in [0, 0.05) is 32.7 Å². The molecule has 2 fully saturated rings. The molecule has 19 heavy (non-hydrogen) atoms. The Morgan fingerprint density at radius 1 is 1.21 bits per heavy atom. The molecule has 7 heteroatoms. The van der Waals surface area contributed by atoms with Gasteiger partial charge in [-0.25, -0.2) is 0 Å². The molecule has 0 aliphatic carbocycles. The van der Waals surface area contributed by atoms with Crippen LogP contribution in [0.5, 0.6) is 0 Å². The fourth-order valence-corrected chi connectivity index (χ4v) is 2.19. The first-order chi connectivity index (χ1) is 9.12. The van der Waals surface area contributed by atoms with Crippen molar-refractivity contribution in [1.82, 2.24) is 10.2 Å². The van der Waals surface area contributed by atoms with Gasteiger partial charge in [0.1, 0.15) is 5.54 Å². The molecule has 2 saturated heterocycles. The minimum Gasteiger partial charge on any atom is -0.379 e. The van der Waals surface area contributed by atoms with Crippen molar-refractivity contribution in [3.63, 3.8) is 0 Å². The van der Waals surface area contributed by atoms with Crippen molar-refractivity contribution in [2.24, 2.45) is 5.73 Å². The lowest BCUT2D eigenvalue weighted by atomic mass is 9.99. The fraction of sp³-hybridized carbons (Fsp3) is 0.833. The molecule has 108 valence electrons. The molecule has 0 spiro atoms. The van der Waals surface area contributed by atoms with Crippen LogP contribution >= 0.6 is 0 Å². The maximum Gasteiger partial charge on any atom is 0.242 e. The molecule has 2 aliphatic heterocycles. The number of nitrogens with one attached hydrogen (secondary N) is 1. The summed E-state index contributed by atoms with van der Waals surface area (Å²) in [6.07, 6.45) is 0.818. The van der Waals surface area contributed by atoms with E-state index in [9.17, 15) is 9.59 Å². The third-order valence-electron chi connectivity index (χ3n) is 3.49. The summed E-state index contributed by atoms with van der Waals surface area (Å²) in [4.78, 5) is 25.5. The minimum absolute atomic E-state index is 0.0392. The number of amides is 2. The zero-order valence-electron chi connectivity index (χ0n) is 11.0. The molecule has 2 rings (SSSR count). The molecule has 2 amide bonds. The average Bonchev–Trinajstić information content (AvgIpc) is 2.88. The van der Waals surface area contributed by atoms with Gasteiger partial charge in [-0.3, -0.25) is 9.59 Å². The number of ether oxygens (including phenoxy) is 2. The maximum absolute atomic E-state index is 11.9. The van der Waals surface area contributed by atoms with Crippen LogP contribution in [0.15, 0.2) is 0 Å². The summed E-state index contributed by atoms with van der Waals surface area (Å²) in [6, 6.07) is 0. The smallest absolute Gasteiger partial charge is 0.242 e. The molecule has 0 bridgehead atoms. The van der Waals surface area contributed by atoms with E-state index in [1.54, 1.807) is 4.90 Å². The van der Waals surface area contributed by atoms with Crippen LogP contribution in [0.3, 0.4) is 0 Å². The van der Waals surface area contributed by atoms with E-state index >= 15 is 0 Å². The zero-order chi connectivity index (χ0) is 13.7. The Morgan fingerprint density at radius 3 is 2.58 bits per heavy atom. The van der Waals surface area contributed by atoms with Gasteiger partial charge in [0.05, 0.1) is 19.8 Å². The van der Waals surface area contributed by atoms with Gasteiger partial charge in [-0.2, -0.15) is 0 Å². The molecule has 0 radical (unpaired) electrons. The molecular weight excluding hydrogens is 250 g/mol. The van der Waals surface area contributed by atoms with Crippen molar-refractivity contribution in [3.05, 3.63) is 0 Å². The van der Waals surface area contributed by atoms with Crippen LogP contribution in [0.4, 0.5) is 0 Å². The summed E-state index contributed by atoms with van der Waals surface area (Å²) in [5.41, 5.74) is 4.98. The average molecular weight is 271 g/mol. The largest absolute Gasteiger partial charge is 0.379 e. The van der Waals surface area contributed by atoms with Crippen molar-refractivity contribution >= 4 is 11.8 Å². The van der Waals surface area contributed by atoms with E-state index in [-0.39, 0.29) is 18.4 Å². The number of hydrogen-bond acceptors (Lipinski definition) is 5. The lowest BCUT2D eigenvalue weighted by Crippen LogP contribution is -2.55. The van der Waals surface area contributed by atoms with Crippen LogP contribution < -0.4 is 11.1 Å². The molecule has 1 atom stereocenters. The Hall–Kier alpha value is -1.18. The number of hydrogen-bond donors (Lipinski definition) is 2. The molecule has 0 aromatic heterocycles. The molecule has 3 N–H and O–H groups in total. The molecular formula is C12H21N3O4. The van der Waals surface area contributed by atoms with Crippen LogP contribution in [0, 0.1) is 0 Å². The molecule has 0 aromatic rings. The van der Waals surface area contributed by atoms with Crippen LogP contribution in [0.1, 0.15) is 12.8 Å². The van der Waals surface area contributed by atoms with E-state index in [2.05, 4.69) is 5.32 Å². The molecule has 0 saturated carbocycles. The van der Waals surface area contributed by atoms with Gasteiger partial charge in [-0.1, -0.05) is 0 Å². The third-order valence-corrected chi connectivity index (χ3v) is 3.49. The van der Waals surface area contributed by atoms with Crippen molar-refractivity contribution in [3.8, 4) is 0 Å². The first-order valence-electron chi connectivity index (χ1n) is 6.62. The highest BCUT2D eigenvalue weighted by molar-refractivity contribution is 5.87.